The SMILES string of the molecule is O=C(NCCCCNC[C@H](O)c1ccc(O)c2[nH]c(=O)ccc12)c1ccc(C(=O)NC2(C(=O)O[C@H]3CN4CCC3CC4)CCc3ccccc32)cc1. The maximum atomic E-state index is 14.0. The molecule has 4 aliphatic rings. The summed E-state index contributed by atoms with van der Waals surface area (Å²) in [5, 5.41) is 30.6. The molecule has 0 spiro atoms. The van der Waals surface area contributed by atoms with Gasteiger partial charge in [0.2, 0.25) is 5.56 Å². The number of carbonyl (C=O) groups excluding carboxylic acids is 3. The van der Waals surface area contributed by atoms with E-state index in [1.165, 1.54) is 12.1 Å². The summed E-state index contributed by atoms with van der Waals surface area (Å²) in [6.07, 6.45) is 3.55. The number of rotatable bonds is 13. The standard InChI is InChI=1S/C40H45N5O7/c46-32-13-11-29(30-12-14-35(48)43-36(30)32)33(47)23-41-19-3-4-20-42-37(49)27-7-9-28(10-8-27)38(50)44-40(18-15-25-5-1-2-6-31(25)40)39(51)52-34-24-45-21-16-26(34)17-22-45/h1-2,5-14,26,33-34,41,46-47H,3-4,15-24H2,(H,42,49)(H,43,48)(H,44,50)/t33-,34-,40?/m0/s1. The highest BCUT2D eigenvalue weighted by atomic mass is 16.5. The molecule has 3 saturated heterocycles. The lowest BCUT2D eigenvalue weighted by Gasteiger charge is -2.45. The first-order valence-corrected chi connectivity index (χ1v) is 18.2. The van der Waals surface area contributed by atoms with Crippen molar-refractivity contribution in [1.82, 2.24) is 25.8 Å². The van der Waals surface area contributed by atoms with E-state index in [-0.39, 0.29) is 35.4 Å². The lowest BCUT2D eigenvalue weighted by Crippen LogP contribution is -2.56. The summed E-state index contributed by atoms with van der Waals surface area (Å²) in [6, 6.07) is 20.2. The molecular weight excluding hydrogens is 662 g/mol. The number of unbranched alkanes of at least 4 members (excludes halogenated alkanes) is 1. The number of aliphatic hydroxyl groups excluding tert-OH is 1. The van der Waals surface area contributed by atoms with Crippen molar-refractivity contribution in [2.24, 2.45) is 5.92 Å². The van der Waals surface area contributed by atoms with E-state index in [4.69, 9.17) is 4.74 Å². The van der Waals surface area contributed by atoms with Crippen LogP contribution in [0.15, 0.2) is 77.6 Å². The van der Waals surface area contributed by atoms with Crippen LogP contribution in [0.25, 0.3) is 10.9 Å². The van der Waals surface area contributed by atoms with Gasteiger partial charge in [-0.2, -0.15) is 0 Å². The normalized spacial score (nSPS) is 22.4. The third kappa shape index (κ3) is 7.32. The molecule has 4 aromatic rings. The molecule has 2 amide bonds. The molecule has 1 aromatic heterocycles. The number of H-pyrrole nitrogens is 1. The van der Waals surface area contributed by atoms with Crippen LogP contribution in [0.4, 0.5) is 0 Å². The number of aryl methyl sites for hydroxylation is 1. The van der Waals surface area contributed by atoms with Gasteiger partial charge < -0.3 is 35.9 Å². The number of aromatic amines is 1. The van der Waals surface area contributed by atoms with Gasteiger partial charge >= 0.3 is 5.97 Å². The second kappa shape index (κ2) is 15.3. The molecule has 4 heterocycles. The van der Waals surface area contributed by atoms with Crippen LogP contribution in [0, 0.1) is 5.92 Å². The van der Waals surface area contributed by atoms with Crippen molar-refractivity contribution in [2.75, 3.05) is 39.3 Å². The summed E-state index contributed by atoms with van der Waals surface area (Å²) in [4.78, 5) is 57.1. The number of fused-ring (bicyclic) bond motifs is 5. The van der Waals surface area contributed by atoms with E-state index < -0.39 is 23.5 Å². The van der Waals surface area contributed by atoms with E-state index >= 15 is 0 Å². The number of hydrogen-bond acceptors (Lipinski definition) is 9. The molecule has 6 N–H and O–H groups in total. The van der Waals surface area contributed by atoms with Gasteiger partial charge in [0.25, 0.3) is 11.8 Å². The summed E-state index contributed by atoms with van der Waals surface area (Å²) < 4.78 is 6.19. The first-order valence-electron chi connectivity index (χ1n) is 18.2. The van der Waals surface area contributed by atoms with Crippen molar-refractivity contribution < 1.29 is 29.3 Å². The van der Waals surface area contributed by atoms with E-state index in [1.54, 1.807) is 36.4 Å². The first-order chi connectivity index (χ1) is 25.2. The number of esters is 1. The predicted molar refractivity (Wildman–Crippen MR) is 195 cm³/mol. The Balaban J connectivity index is 0.885. The van der Waals surface area contributed by atoms with Gasteiger partial charge in [0.1, 0.15) is 11.9 Å². The fraction of sp³-hybridized carbons (Fsp3) is 0.400. The summed E-state index contributed by atoms with van der Waals surface area (Å²) in [5.74, 6) is -0.772. The molecule has 3 aromatic carbocycles. The summed E-state index contributed by atoms with van der Waals surface area (Å²) >= 11 is 0. The van der Waals surface area contributed by atoms with Gasteiger partial charge in [-0.3, -0.25) is 19.3 Å². The number of phenolic OH excluding ortho intramolecular Hbond substituents is 1. The maximum absolute atomic E-state index is 14.0. The zero-order valence-corrected chi connectivity index (χ0v) is 29.0. The number of aliphatic hydroxyl groups is 1. The van der Waals surface area contributed by atoms with Crippen LogP contribution in [0.2, 0.25) is 0 Å². The Morgan fingerprint density at radius 2 is 1.65 bits per heavy atom. The summed E-state index contributed by atoms with van der Waals surface area (Å²) in [7, 11) is 0. The van der Waals surface area contributed by atoms with Crippen LogP contribution in [0.1, 0.15) is 75.6 Å². The highest BCUT2D eigenvalue weighted by molar-refractivity contribution is 6.00. The number of hydrogen-bond donors (Lipinski definition) is 6. The molecule has 12 heteroatoms. The number of aromatic nitrogens is 1. The molecular formula is C40H45N5O7. The van der Waals surface area contributed by atoms with Gasteiger partial charge in [-0.1, -0.05) is 30.3 Å². The lowest BCUT2D eigenvalue weighted by molar-refractivity contribution is -0.167. The molecule has 272 valence electrons. The Kier molecular flexibility index (Phi) is 10.4. The van der Waals surface area contributed by atoms with Crippen LogP contribution >= 0.6 is 0 Å². The van der Waals surface area contributed by atoms with Crippen LogP contribution in [-0.4, -0.2) is 83.3 Å². The van der Waals surface area contributed by atoms with Crippen LogP contribution in [-0.2, 0) is 21.5 Å². The van der Waals surface area contributed by atoms with Crippen molar-refractivity contribution in [3.8, 4) is 5.75 Å². The molecule has 12 nitrogen and oxygen atoms in total. The van der Waals surface area contributed by atoms with Gasteiger partial charge in [-0.25, -0.2) is 4.79 Å². The average molecular weight is 708 g/mol. The lowest BCUT2D eigenvalue weighted by atomic mass is 9.85. The van der Waals surface area contributed by atoms with Crippen LogP contribution in [0.5, 0.6) is 5.75 Å². The monoisotopic (exact) mass is 707 g/mol. The molecule has 0 radical (unpaired) electrons. The number of benzene rings is 3. The highest BCUT2D eigenvalue weighted by Gasteiger charge is 2.50. The van der Waals surface area contributed by atoms with E-state index in [2.05, 4.69) is 25.8 Å². The minimum atomic E-state index is -1.27. The Morgan fingerprint density at radius 3 is 2.40 bits per heavy atom. The largest absolute Gasteiger partial charge is 0.506 e. The third-order valence-electron chi connectivity index (χ3n) is 10.9. The quantitative estimate of drug-likeness (QED) is 0.0901. The van der Waals surface area contributed by atoms with Gasteiger partial charge in [-0.15, -0.1) is 0 Å². The zero-order chi connectivity index (χ0) is 36.2. The molecule has 0 saturated carbocycles. The van der Waals surface area contributed by atoms with Gasteiger partial charge in [-0.05, 0) is 117 Å². The van der Waals surface area contributed by atoms with Crippen molar-refractivity contribution in [3.05, 3.63) is 111 Å². The molecule has 2 bridgehead atoms. The number of amides is 2. The molecule has 1 aliphatic carbocycles. The van der Waals surface area contributed by atoms with Gasteiger partial charge in [0.05, 0.1) is 11.6 Å². The number of carbonyl (C=O) groups is 3. The minimum Gasteiger partial charge on any atom is -0.506 e. The fourth-order valence-corrected chi connectivity index (χ4v) is 7.90. The van der Waals surface area contributed by atoms with Crippen molar-refractivity contribution in [3.63, 3.8) is 0 Å². The van der Waals surface area contributed by atoms with E-state index in [9.17, 15) is 29.4 Å². The second-order valence-electron chi connectivity index (χ2n) is 14.1. The first kappa shape index (κ1) is 35.4. The summed E-state index contributed by atoms with van der Waals surface area (Å²) in [6.45, 7) is 4.15. The molecule has 3 atom stereocenters. The van der Waals surface area contributed by atoms with Gasteiger partial charge in [0, 0.05) is 42.2 Å². The Labute approximate surface area is 301 Å². The highest BCUT2D eigenvalue weighted by Crippen LogP contribution is 2.40. The van der Waals surface area contributed by atoms with Crippen LogP contribution in [0.3, 0.4) is 0 Å². The number of nitrogens with one attached hydrogen (secondary N) is 4. The minimum absolute atomic E-state index is 0.0581. The number of ether oxygens (including phenoxy) is 1. The fourth-order valence-electron chi connectivity index (χ4n) is 7.90. The zero-order valence-electron chi connectivity index (χ0n) is 29.0. The Bertz CT molecular complexity index is 2010. The number of phenols is 1. The Morgan fingerprint density at radius 1 is 0.923 bits per heavy atom. The van der Waals surface area contributed by atoms with E-state index in [1.807, 2.05) is 24.3 Å². The third-order valence-corrected chi connectivity index (χ3v) is 10.9. The molecule has 3 fully saturated rings. The second-order valence-corrected chi connectivity index (χ2v) is 14.1. The smallest absolute Gasteiger partial charge is 0.336 e. The molecule has 8 rings (SSSR count). The van der Waals surface area contributed by atoms with Crippen molar-refractivity contribution in [1.29, 1.82) is 0 Å². The van der Waals surface area contributed by atoms with Crippen LogP contribution < -0.4 is 21.5 Å². The number of nitrogens with zero attached hydrogens (tertiary/aromatic N) is 1. The van der Waals surface area contributed by atoms with E-state index in [0.717, 1.165) is 50.0 Å². The predicted octanol–water partition coefficient (Wildman–Crippen LogP) is 3.28. The average Bonchev–Trinajstić information content (AvgIpc) is 3.54. The van der Waals surface area contributed by atoms with E-state index in [0.29, 0.717) is 60.3 Å². The topological polar surface area (TPSA) is 173 Å². The van der Waals surface area contributed by atoms with Crippen molar-refractivity contribution >= 4 is 28.7 Å². The summed E-state index contributed by atoms with van der Waals surface area (Å²) in [5.41, 5.74) is 1.84. The number of aromatic hydroxyl groups is 1. The van der Waals surface area contributed by atoms with Gasteiger partial charge in [0.15, 0.2) is 5.54 Å². The molecule has 1 unspecified atom stereocenters. The number of piperidine rings is 3. The number of pyridine rings is 1. The molecule has 52 heavy (non-hydrogen) atoms. The maximum Gasteiger partial charge on any atom is 0.336 e. The Hall–Kier alpha value is -5.04. The van der Waals surface area contributed by atoms with Crippen molar-refractivity contribution in [2.45, 2.75) is 56.3 Å². The molecule has 3 aliphatic heterocycles.